The van der Waals surface area contributed by atoms with Crippen molar-refractivity contribution in [3.63, 3.8) is 0 Å². The van der Waals surface area contributed by atoms with Crippen molar-refractivity contribution in [3.8, 4) is 11.3 Å². The zero-order valence-corrected chi connectivity index (χ0v) is 15.3. The van der Waals surface area contributed by atoms with Gasteiger partial charge in [0.2, 0.25) is 5.71 Å². The van der Waals surface area contributed by atoms with Gasteiger partial charge in [-0.3, -0.25) is 0 Å². The maximum Gasteiger partial charge on any atom is 0.347 e. The number of aromatic nitrogens is 3. The lowest BCUT2D eigenvalue weighted by atomic mass is 10.2. The summed E-state index contributed by atoms with van der Waals surface area (Å²) in [7, 11) is 0. The molecule has 1 aliphatic rings. The van der Waals surface area contributed by atoms with E-state index in [4.69, 9.17) is 4.42 Å². The largest absolute Gasteiger partial charge is 0.403 e. The van der Waals surface area contributed by atoms with Crippen molar-refractivity contribution in [2.45, 2.75) is 0 Å². The second-order valence-corrected chi connectivity index (χ2v) is 6.34. The first-order valence-electron chi connectivity index (χ1n) is 8.63. The predicted molar refractivity (Wildman–Crippen MR) is 107 cm³/mol. The van der Waals surface area contributed by atoms with E-state index in [-0.39, 0.29) is 12.4 Å². The Balaban J connectivity index is 0.00000180. The van der Waals surface area contributed by atoms with Crippen LogP contribution in [0.2, 0.25) is 0 Å². The lowest BCUT2D eigenvalue weighted by molar-refractivity contribution is 0.547. The van der Waals surface area contributed by atoms with Gasteiger partial charge in [-0.05, 0) is 30.3 Å². The summed E-state index contributed by atoms with van der Waals surface area (Å²) < 4.78 is 7.40. The molecule has 1 fully saturated rings. The summed E-state index contributed by atoms with van der Waals surface area (Å²) in [6, 6.07) is 11.5. The molecule has 7 nitrogen and oxygen atoms in total. The lowest BCUT2D eigenvalue weighted by Crippen LogP contribution is -2.43. The van der Waals surface area contributed by atoms with E-state index in [2.05, 4.69) is 20.2 Å². The number of hydrogen-bond donors (Lipinski definition) is 1. The fraction of sp³-hybridized carbons (Fsp3) is 0.211. The van der Waals surface area contributed by atoms with Crippen molar-refractivity contribution in [3.05, 3.63) is 59.2 Å². The fourth-order valence-corrected chi connectivity index (χ4v) is 3.30. The molecule has 0 saturated carbocycles. The van der Waals surface area contributed by atoms with Crippen molar-refractivity contribution < 1.29 is 4.42 Å². The van der Waals surface area contributed by atoms with Crippen LogP contribution < -0.4 is 15.8 Å². The van der Waals surface area contributed by atoms with Crippen LogP contribution in [0.3, 0.4) is 0 Å². The highest BCUT2D eigenvalue weighted by molar-refractivity contribution is 5.85. The number of pyridine rings is 2. The van der Waals surface area contributed by atoms with Gasteiger partial charge in [0.1, 0.15) is 11.5 Å². The summed E-state index contributed by atoms with van der Waals surface area (Å²) >= 11 is 0. The smallest absolute Gasteiger partial charge is 0.347 e. The molecular formula is C19H18ClN5O2. The van der Waals surface area contributed by atoms with Crippen molar-refractivity contribution in [1.82, 2.24) is 19.7 Å². The van der Waals surface area contributed by atoms with Gasteiger partial charge in [0, 0.05) is 44.0 Å². The molecule has 4 aromatic heterocycles. The fourth-order valence-electron chi connectivity index (χ4n) is 3.30. The van der Waals surface area contributed by atoms with Gasteiger partial charge in [0.25, 0.3) is 0 Å². The third kappa shape index (κ3) is 3.15. The first-order chi connectivity index (χ1) is 12.8. The molecule has 1 N–H and O–H groups in total. The number of fused-ring (bicyclic) bond motifs is 2. The Bertz CT molecular complexity index is 1130. The van der Waals surface area contributed by atoms with E-state index in [0.29, 0.717) is 17.0 Å². The summed E-state index contributed by atoms with van der Waals surface area (Å²) in [5, 5.41) is 4.10. The molecule has 0 aromatic carbocycles. The van der Waals surface area contributed by atoms with Gasteiger partial charge in [0.05, 0.1) is 11.3 Å². The van der Waals surface area contributed by atoms with Gasteiger partial charge in [0.15, 0.2) is 0 Å². The van der Waals surface area contributed by atoms with Crippen LogP contribution in [-0.4, -0.2) is 40.5 Å². The minimum absolute atomic E-state index is 0. The summed E-state index contributed by atoms with van der Waals surface area (Å²) in [6.45, 7) is 3.64. The Morgan fingerprint density at radius 2 is 1.93 bits per heavy atom. The van der Waals surface area contributed by atoms with Gasteiger partial charge in [-0.1, -0.05) is 6.07 Å². The zero-order chi connectivity index (χ0) is 17.5. The Hall–Kier alpha value is -2.90. The van der Waals surface area contributed by atoms with E-state index < -0.39 is 5.63 Å². The number of rotatable bonds is 2. The summed E-state index contributed by atoms with van der Waals surface area (Å²) in [5.74, 6) is 0.836. The molecule has 4 aromatic rings. The Morgan fingerprint density at radius 1 is 1.07 bits per heavy atom. The molecule has 0 radical (unpaired) electrons. The minimum Gasteiger partial charge on any atom is -0.403 e. The Kier molecular flexibility index (Phi) is 4.55. The van der Waals surface area contributed by atoms with Gasteiger partial charge in [-0.2, -0.15) is 4.98 Å². The summed E-state index contributed by atoms with van der Waals surface area (Å²) in [5.41, 5.74) is 1.76. The Morgan fingerprint density at radius 3 is 2.74 bits per heavy atom. The Labute approximate surface area is 161 Å². The maximum atomic E-state index is 12.5. The number of anilines is 1. The highest BCUT2D eigenvalue weighted by atomic mass is 35.5. The van der Waals surface area contributed by atoms with Crippen LogP contribution in [0.1, 0.15) is 0 Å². The van der Waals surface area contributed by atoms with E-state index in [1.165, 1.54) is 0 Å². The van der Waals surface area contributed by atoms with Crippen molar-refractivity contribution in [2.75, 3.05) is 31.1 Å². The molecule has 1 aliphatic heterocycles. The molecule has 0 spiro atoms. The van der Waals surface area contributed by atoms with E-state index in [1.54, 1.807) is 6.07 Å². The molecule has 1 saturated heterocycles. The first-order valence-corrected chi connectivity index (χ1v) is 8.63. The SMILES string of the molecule is Cl.O=c1oc2nc(N3CCNCC3)ccc2cc1-c1cn2ccccc2n1. The monoisotopic (exact) mass is 383 g/mol. The second-order valence-electron chi connectivity index (χ2n) is 6.34. The normalized spacial score (nSPS) is 14.4. The molecule has 8 heteroatoms. The van der Waals surface area contributed by atoms with E-state index in [1.807, 2.05) is 47.1 Å². The average Bonchev–Trinajstić information content (AvgIpc) is 3.11. The van der Waals surface area contributed by atoms with Gasteiger partial charge in [-0.25, -0.2) is 9.78 Å². The average molecular weight is 384 g/mol. The third-order valence-electron chi connectivity index (χ3n) is 4.67. The van der Waals surface area contributed by atoms with Crippen molar-refractivity contribution in [2.24, 2.45) is 0 Å². The topological polar surface area (TPSA) is 75.7 Å². The van der Waals surface area contributed by atoms with Crippen LogP contribution in [0, 0.1) is 0 Å². The molecule has 0 bridgehead atoms. The second kappa shape index (κ2) is 7.02. The predicted octanol–water partition coefficient (Wildman–Crippen LogP) is 2.33. The lowest BCUT2D eigenvalue weighted by Gasteiger charge is -2.28. The molecule has 5 rings (SSSR count). The van der Waals surface area contributed by atoms with Gasteiger partial charge < -0.3 is 19.0 Å². The van der Waals surface area contributed by atoms with Crippen LogP contribution in [0.5, 0.6) is 0 Å². The van der Waals surface area contributed by atoms with Crippen LogP contribution in [0.25, 0.3) is 28.0 Å². The number of nitrogens with zero attached hydrogens (tertiary/aromatic N) is 4. The quantitative estimate of drug-likeness (QED) is 0.572. The molecule has 0 amide bonds. The van der Waals surface area contributed by atoms with Gasteiger partial charge >= 0.3 is 5.63 Å². The van der Waals surface area contributed by atoms with Crippen molar-refractivity contribution >= 4 is 35.0 Å². The maximum absolute atomic E-state index is 12.5. The molecule has 0 aliphatic carbocycles. The molecule has 138 valence electrons. The number of nitrogens with one attached hydrogen (secondary N) is 1. The summed E-state index contributed by atoms with van der Waals surface area (Å²) in [4.78, 5) is 23.8. The first kappa shape index (κ1) is 17.5. The highest BCUT2D eigenvalue weighted by Crippen LogP contribution is 2.22. The van der Waals surface area contributed by atoms with Gasteiger partial charge in [-0.15, -0.1) is 12.4 Å². The van der Waals surface area contributed by atoms with Crippen molar-refractivity contribution in [1.29, 1.82) is 0 Å². The molecule has 5 heterocycles. The molecule has 27 heavy (non-hydrogen) atoms. The van der Waals surface area contributed by atoms with E-state index in [9.17, 15) is 4.79 Å². The number of imidazole rings is 1. The number of piperazine rings is 1. The van der Waals surface area contributed by atoms with Crippen LogP contribution in [-0.2, 0) is 0 Å². The number of hydrogen-bond acceptors (Lipinski definition) is 6. The zero-order valence-electron chi connectivity index (χ0n) is 14.5. The van der Waals surface area contributed by atoms with E-state index in [0.717, 1.165) is 43.0 Å². The molecular weight excluding hydrogens is 366 g/mol. The third-order valence-corrected chi connectivity index (χ3v) is 4.67. The standard InChI is InChI=1S/C19H17N5O2.ClH/c25-19-14(15-12-24-8-2-1-3-16(24)21-15)11-13-4-5-17(22-18(13)26-19)23-9-6-20-7-10-23;/h1-5,8,11-12,20H,6-7,9-10H2;1H. The van der Waals surface area contributed by atoms with Crippen LogP contribution in [0.4, 0.5) is 5.82 Å². The van der Waals surface area contributed by atoms with Crippen LogP contribution >= 0.6 is 12.4 Å². The van der Waals surface area contributed by atoms with E-state index >= 15 is 0 Å². The highest BCUT2D eigenvalue weighted by Gasteiger charge is 2.15. The number of halogens is 1. The molecule has 0 unspecified atom stereocenters. The van der Waals surface area contributed by atoms with Crippen LogP contribution in [0.15, 0.2) is 58.0 Å². The molecule has 0 atom stereocenters. The summed E-state index contributed by atoms with van der Waals surface area (Å²) in [6.07, 6.45) is 3.73. The minimum atomic E-state index is -0.425.